The highest BCUT2D eigenvalue weighted by molar-refractivity contribution is 7.99. The number of hydrogen-bond acceptors (Lipinski definition) is 5. The zero-order valence-corrected chi connectivity index (χ0v) is 18.1. The van der Waals surface area contributed by atoms with Crippen LogP contribution in [0.15, 0.2) is 93.7 Å². The monoisotopic (exact) mass is 465 g/mol. The van der Waals surface area contributed by atoms with Crippen molar-refractivity contribution < 1.29 is 0 Å². The number of rotatable bonds is 4. The molecule has 0 radical (unpaired) electrons. The molecule has 5 aromatic rings. The van der Waals surface area contributed by atoms with Gasteiger partial charge in [0, 0.05) is 9.92 Å². The first-order chi connectivity index (χ1) is 15.1. The van der Waals surface area contributed by atoms with Gasteiger partial charge in [-0.3, -0.25) is 9.36 Å². The topological polar surface area (TPSA) is 65.6 Å². The normalized spacial score (nSPS) is 11.2. The highest BCUT2D eigenvalue weighted by Gasteiger charge is 2.20. The molecule has 9 heteroatoms. The molecule has 2 aromatic heterocycles. The molecular weight excluding hydrogens is 453 g/mol. The van der Waals surface area contributed by atoms with Gasteiger partial charge in [-0.15, -0.1) is 5.10 Å². The summed E-state index contributed by atoms with van der Waals surface area (Å²) in [7, 11) is 0. The summed E-state index contributed by atoms with van der Waals surface area (Å²) in [5, 5.41) is 9.87. The average molecular weight is 466 g/mol. The predicted molar refractivity (Wildman–Crippen MR) is 123 cm³/mol. The van der Waals surface area contributed by atoms with Gasteiger partial charge < -0.3 is 0 Å². The molecule has 2 heterocycles. The van der Waals surface area contributed by atoms with Crippen molar-refractivity contribution in [1.29, 1.82) is 0 Å². The van der Waals surface area contributed by atoms with E-state index < -0.39 is 0 Å². The summed E-state index contributed by atoms with van der Waals surface area (Å²) >= 11 is 13.7. The first-order valence-electron chi connectivity index (χ1n) is 9.24. The van der Waals surface area contributed by atoms with Crippen molar-refractivity contribution in [3.8, 4) is 11.4 Å². The third-order valence-corrected chi connectivity index (χ3v) is 6.29. The van der Waals surface area contributed by atoms with Crippen LogP contribution in [0, 0.1) is 0 Å². The second kappa shape index (κ2) is 8.19. The van der Waals surface area contributed by atoms with Crippen molar-refractivity contribution in [2.45, 2.75) is 10.1 Å². The standard InChI is InChI=1S/C22H13Cl2N5OS/c23-14-10-12-15(13-11-14)28-21(30)19-20(29(27-26-19)16-6-2-1-3-7-16)25-22(28)31-18-9-5-4-8-17(18)24/h1-13H. The zero-order chi connectivity index (χ0) is 21.4. The molecule has 0 fully saturated rings. The molecular formula is C22H13Cl2N5OS. The molecule has 0 saturated carbocycles. The lowest BCUT2D eigenvalue weighted by molar-refractivity contribution is 0.794. The second-order valence-electron chi connectivity index (χ2n) is 6.55. The molecule has 0 aliphatic rings. The Morgan fingerprint density at radius 3 is 2.26 bits per heavy atom. The van der Waals surface area contributed by atoms with E-state index in [1.54, 1.807) is 35.0 Å². The van der Waals surface area contributed by atoms with Gasteiger partial charge in [0.05, 0.1) is 16.4 Å². The fourth-order valence-corrected chi connectivity index (χ4v) is 4.40. The molecule has 0 unspecified atom stereocenters. The molecule has 0 atom stereocenters. The van der Waals surface area contributed by atoms with Gasteiger partial charge in [-0.25, -0.2) is 4.98 Å². The van der Waals surface area contributed by atoms with Gasteiger partial charge in [-0.1, -0.05) is 58.7 Å². The first-order valence-corrected chi connectivity index (χ1v) is 10.8. The summed E-state index contributed by atoms with van der Waals surface area (Å²) in [5.41, 5.74) is 1.59. The van der Waals surface area contributed by atoms with E-state index in [4.69, 9.17) is 28.2 Å². The molecule has 0 bridgehead atoms. The van der Waals surface area contributed by atoms with Crippen LogP contribution in [0.1, 0.15) is 0 Å². The minimum atomic E-state index is -0.330. The van der Waals surface area contributed by atoms with E-state index in [0.29, 0.717) is 26.5 Å². The van der Waals surface area contributed by atoms with Crippen LogP contribution < -0.4 is 5.56 Å². The number of nitrogens with zero attached hydrogens (tertiary/aromatic N) is 5. The number of fused-ring (bicyclic) bond motifs is 1. The Morgan fingerprint density at radius 1 is 0.806 bits per heavy atom. The Bertz CT molecular complexity index is 1450. The summed E-state index contributed by atoms with van der Waals surface area (Å²) in [5.74, 6) is 0. The molecule has 6 nitrogen and oxygen atoms in total. The van der Waals surface area contributed by atoms with Crippen molar-refractivity contribution in [1.82, 2.24) is 24.5 Å². The van der Waals surface area contributed by atoms with Crippen molar-refractivity contribution in [3.63, 3.8) is 0 Å². The van der Waals surface area contributed by atoms with Crippen LogP contribution in [0.4, 0.5) is 0 Å². The van der Waals surface area contributed by atoms with Crippen LogP contribution in [-0.4, -0.2) is 24.5 Å². The molecule has 0 spiro atoms. The number of benzene rings is 3. The minimum absolute atomic E-state index is 0.169. The maximum absolute atomic E-state index is 13.5. The smallest absolute Gasteiger partial charge is 0.266 e. The van der Waals surface area contributed by atoms with Crippen molar-refractivity contribution in [2.75, 3.05) is 0 Å². The van der Waals surface area contributed by atoms with E-state index in [1.165, 1.54) is 16.3 Å². The molecule has 0 aliphatic carbocycles. The van der Waals surface area contributed by atoms with Gasteiger partial charge in [0.1, 0.15) is 0 Å². The zero-order valence-electron chi connectivity index (χ0n) is 15.8. The van der Waals surface area contributed by atoms with Gasteiger partial charge in [0.15, 0.2) is 16.3 Å². The summed E-state index contributed by atoms with van der Waals surface area (Å²) in [6.07, 6.45) is 0. The Hall–Kier alpha value is -3.13. The van der Waals surface area contributed by atoms with Gasteiger partial charge in [0.25, 0.3) is 5.56 Å². The Balaban J connectivity index is 1.78. The lowest BCUT2D eigenvalue weighted by atomic mass is 10.3. The lowest BCUT2D eigenvalue weighted by Gasteiger charge is -2.13. The number of aromatic nitrogens is 5. The van der Waals surface area contributed by atoms with Crippen molar-refractivity contribution in [2.24, 2.45) is 0 Å². The minimum Gasteiger partial charge on any atom is -0.266 e. The summed E-state index contributed by atoms with van der Waals surface area (Å²) in [6, 6.07) is 23.8. The highest BCUT2D eigenvalue weighted by Crippen LogP contribution is 2.33. The number of hydrogen-bond donors (Lipinski definition) is 0. The van der Waals surface area contributed by atoms with Crippen LogP contribution in [0.25, 0.3) is 22.5 Å². The molecule has 0 amide bonds. The Morgan fingerprint density at radius 2 is 1.52 bits per heavy atom. The van der Waals surface area contributed by atoms with Gasteiger partial charge >= 0.3 is 0 Å². The van der Waals surface area contributed by atoms with E-state index in [9.17, 15) is 4.79 Å². The summed E-state index contributed by atoms with van der Waals surface area (Å²) in [6.45, 7) is 0. The Labute approximate surface area is 191 Å². The quantitative estimate of drug-likeness (QED) is 0.331. The molecule has 0 N–H and O–H groups in total. The molecule has 0 saturated heterocycles. The molecule has 31 heavy (non-hydrogen) atoms. The highest BCUT2D eigenvalue weighted by atomic mass is 35.5. The van der Waals surface area contributed by atoms with Gasteiger partial charge in [-0.2, -0.15) is 4.68 Å². The molecule has 5 rings (SSSR count). The van der Waals surface area contributed by atoms with E-state index in [-0.39, 0.29) is 11.1 Å². The molecule has 152 valence electrons. The van der Waals surface area contributed by atoms with Gasteiger partial charge in [-0.05, 0) is 60.3 Å². The average Bonchev–Trinajstić information content (AvgIpc) is 3.21. The van der Waals surface area contributed by atoms with E-state index in [0.717, 1.165) is 10.6 Å². The van der Waals surface area contributed by atoms with E-state index in [1.807, 2.05) is 48.5 Å². The van der Waals surface area contributed by atoms with Crippen LogP contribution >= 0.6 is 35.0 Å². The predicted octanol–water partition coefficient (Wildman–Crippen LogP) is 5.42. The van der Waals surface area contributed by atoms with Crippen LogP contribution in [-0.2, 0) is 0 Å². The number of para-hydroxylation sites is 1. The van der Waals surface area contributed by atoms with Crippen LogP contribution in [0.2, 0.25) is 10.0 Å². The fraction of sp³-hybridized carbons (Fsp3) is 0. The fourth-order valence-electron chi connectivity index (χ4n) is 3.10. The third-order valence-electron chi connectivity index (χ3n) is 4.57. The number of halogens is 2. The van der Waals surface area contributed by atoms with E-state index >= 15 is 0 Å². The van der Waals surface area contributed by atoms with Crippen molar-refractivity contribution in [3.05, 3.63) is 99.3 Å². The molecule has 0 aliphatic heterocycles. The second-order valence-corrected chi connectivity index (χ2v) is 8.41. The SMILES string of the molecule is O=c1c2nnn(-c3ccccc3)c2nc(Sc2ccccc2Cl)n1-c1ccc(Cl)cc1. The maximum atomic E-state index is 13.5. The summed E-state index contributed by atoms with van der Waals surface area (Å²) < 4.78 is 3.05. The van der Waals surface area contributed by atoms with Gasteiger partial charge in [0.2, 0.25) is 0 Å². The largest absolute Gasteiger partial charge is 0.288 e. The first kappa shape index (κ1) is 19.8. The van der Waals surface area contributed by atoms with E-state index in [2.05, 4.69) is 10.3 Å². The van der Waals surface area contributed by atoms with Crippen molar-refractivity contribution >= 4 is 46.1 Å². The lowest BCUT2D eigenvalue weighted by Crippen LogP contribution is -2.22. The molecule has 3 aromatic carbocycles. The maximum Gasteiger partial charge on any atom is 0.288 e. The van der Waals surface area contributed by atoms with Crippen LogP contribution in [0.5, 0.6) is 0 Å². The Kier molecular flexibility index (Phi) is 5.23. The van der Waals surface area contributed by atoms with Crippen LogP contribution in [0.3, 0.4) is 0 Å². The third kappa shape index (κ3) is 3.72. The summed E-state index contributed by atoms with van der Waals surface area (Å²) in [4.78, 5) is 19.0.